The molecule has 0 saturated carbocycles. The largest absolute Gasteiger partial charge is 0.387 e. The molecule has 0 radical (unpaired) electrons. The molecule has 0 fully saturated rings. The molecule has 1 aromatic carbocycles. The molecule has 3 aromatic rings. The summed E-state index contributed by atoms with van der Waals surface area (Å²) in [6, 6.07) is 8.35. The molecule has 3 rings (SSSR count). The fraction of sp³-hybridized carbons (Fsp3) is 0.263. The minimum Gasteiger partial charge on any atom is -0.387 e. The molecule has 1 unspecified atom stereocenters. The third-order valence-corrected chi connectivity index (χ3v) is 4.43. The van der Waals surface area contributed by atoms with Crippen molar-refractivity contribution in [3.05, 3.63) is 64.4 Å². The Balaban J connectivity index is 0.00000300. The molecular weight excluding hydrogens is 412 g/mol. The standard InChI is InChI=1S/C19H19ClN6O2.H2S/c1-11(22-19(28)18-9-17(12(2)27)23-24-18)10-26-7-6-15(25-26)13-4-5-16(21-3)14(20)8-13;/h4-9,11-12,27H,10H2,1-2H3,(H,22,28)(H,23,24);1H2/t11-,12?;/m0./s1. The lowest BCUT2D eigenvalue weighted by molar-refractivity contribution is 0.0931. The van der Waals surface area contributed by atoms with Crippen LogP contribution in [0.3, 0.4) is 0 Å². The molecule has 1 amide bonds. The van der Waals surface area contributed by atoms with E-state index in [4.69, 9.17) is 18.2 Å². The summed E-state index contributed by atoms with van der Waals surface area (Å²) in [5.41, 5.74) is 2.65. The van der Waals surface area contributed by atoms with Crippen LogP contribution in [0.25, 0.3) is 16.1 Å². The van der Waals surface area contributed by atoms with Gasteiger partial charge in [-0.1, -0.05) is 23.7 Å². The summed E-state index contributed by atoms with van der Waals surface area (Å²) in [5.74, 6) is -0.329. The third kappa shape index (κ3) is 5.38. The molecule has 8 nitrogen and oxygen atoms in total. The van der Waals surface area contributed by atoms with Crippen LogP contribution < -0.4 is 5.32 Å². The van der Waals surface area contributed by atoms with E-state index in [2.05, 4.69) is 25.5 Å². The molecule has 0 spiro atoms. The summed E-state index contributed by atoms with van der Waals surface area (Å²) in [6.07, 6.45) is 1.10. The predicted octanol–water partition coefficient (Wildman–Crippen LogP) is 3.46. The molecule has 0 bridgehead atoms. The van der Waals surface area contributed by atoms with Crippen molar-refractivity contribution < 1.29 is 9.90 Å². The van der Waals surface area contributed by atoms with Gasteiger partial charge < -0.3 is 10.4 Å². The van der Waals surface area contributed by atoms with Gasteiger partial charge in [-0.15, -0.1) is 0 Å². The number of rotatable bonds is 6. The average Bonchev–Trinajstić information content (AvgIpc) is 3.31. The maximum Gasteiger partial charge on any atom is 0.272 e. The normalized spacial score (nSPS) is 12.5. The summed E-state index contributed by atoms with van der Waals surface area (Å²) in [4.78, 5) is 15.6. The fourth-order valence-electron chi connectivity index (χ4n) is 2.67. The molecule has 0 saturated heterocycles. The number of hydrogen-bond donors (Lipinski definition) is 3. The predicted molar refractivity (Wildman–Crippen MR) is 115 cm³/mol. The summed E-state index contributed by atoms with van der Waals surface area (Å²) in [7, 11) is 0. The van der Waals surface area contributed by atoms with Crippen molar-refractivity contribution in [2.45, 2.75) is 32.5 Å². The van der Waals surface area contributed by atoms with Crippen LogP contribution in [0.2, 0.25) is 5.02 Å². The summed E-state index contributed by atoms with van der Waals surface area (Å²) in [6.45, 7) is 11.0. The van der Waals surface area contributed by atoms with E-state index < -0.39 is 6.10 Å². The first-order valence-corrected chi connectivity index (χ1v) is 9.00. The van der Waals surface area contributed by atoms with Crippen LogP contribution in [0.1, 0.15) is 36.1 Å². The Bertz CT molecular complexity index is 1040. The van der Waals surface area contributed by atoms with E-state index >= 15 is 0 Å². The van der Waals surface area contributed by atoms with Crippen LogP contribution in [0.15, 0.2) is 36.5 Å². The van der Waals surface area contributed by atoms with Crippen molar-refractivity contribution >= 4 is 36.7 Å². The number of halogens is 1. The van der Waals surface area contributed by atoms with Crippen LogP contribution in [0.4, 0.5) is 5.69 Å². The Labute approximate surface area is 180 Å². The van der Waals surface area contributed by atoms with Crippen LogP contribution >= 0.6 is 25.1 Å². The smallest absolute Gasteiger partial charge is 0.272 e. The van der Waals surface area contributed by atoms with Crippen LogP contribution in [0.5, 0.6) is 0 Å². The van der Waals surface area contributed by atoms with Crippen LogP contribution in [0, 0.1) is 6.57 Å². The van der Waals surface area contributed by atoms with E-state index in [1.54, 1.807) is 29.8 Å². The van der Waals surface area contributed by atoms with Gasteiger partial charge in [-0.3, -0.25) is 14.6 Å². The van der Waals surface area contributed by atoms with E-state index in [-0.39, 0.29) is 31.1 Å². The number of nitrogens with one attached hydrogen (secondary N) is 2. The van der Waals surface area contributed by atoms with Crippen molar-refractivity contribution in [1.82, 2.24) is 25.3 Å². The van der Waals surface area contributed by atoms with Crippen molar-refractivity contribution in [2.75, 3.05) is 0 Å². The topological polar surface area (TPSA) is 100 Å². The molecule has 152 valence electrons. The highest BCUT2D eigenvalue weighted by molar-refractivity contribution is 7.59. The Hall–Kier alpha value is -2.80. The number of nitrogens with zero attached hydrogens (tertiary/aromatic N) is 4. The van der Waals surface area contributed by atoms with Crippen LogP contribution in [-0.2, 0) is 6.54 Å². The number of hydrogen-bond acceptors (Lipinski definition) is 4. The molecule has 0 aliphatic carbocycles. The van der Waals surface area contributed by atoms with E-state index in [1.807, 2.05) is 19.2 Å². The number of aliphatic hydroxyl groups is 1. The summed E-state index contributed by atoms with van der Waals surface area (Å²) in [5, 5.41) is 23.8. The Morgan fingerprint density at radius 3 is 2.76 bits per heavy atom. The lowest BCUT2D eigenvalue weighted by Crippen LogP contribution is -2.36. The highest BCUT2D eigenvalue weighted by Gasteiger charge is 2.16. The first-order valence-electron chi connectivity index (χ1n) is 8.62. The number of aliphatic hydroxyl groups excluding tert-OH is 1. The minimum atomic E-state index is -0.716. The van der Waals surface area contributed by atoms with Gasteiger partial charge in [0, 0.05) is 22.8 Å². The zero-order valence-electron chi connectivity index (χ0n) is 15.8. The number of carbonyl (C=O) groups is 1. The maximum absolute atomic E-state index is 12.3. The molecular formula is C19H21ClN6O2S. The maximum atomic E-state index is 12.3. The lowest BCUT2D eigenvalue weighted by atomic mass is 10.1. The second-order valence-corrected chi connectivity index (χ2v) is 6.87. The van der Waals surface area contributed by atoms with Gasteiger partial charge in [-0.05, 0) is 32.0 Å². The molecule has 0 aliphatic heterocycles. The average molecular weight is 433 g/mol. The monoisotopic (exact) mass is 432 g/mol. The molecule has 0 aliphatic rings. The van der Waals surface area contributed by atoms with Gasteiger partial charge in [0.1, 0.15) is 5.69 Å². The second kappa shape index (κ2) is 9.60. The molecule has 29 heavy (non-hydrogen) atoms. The van der Waals surface area contributed by atoms with Gasteiger partial charge in [-0.25, -0.2) is 4.85 Å². The number of amides is 1. The van der Waals surface area contributed by atoms with Crippen molar-refractivity contribution in [2.24, 2.45) is 0 Å². The Kier molecular flexibility index (Phi) is 7.45. The van der Waals surface area contributed by atoms with E-state index in [0.29, 0.717) is 22.9 Å². The molecule has 2 aromatic heterocycles. The zero-order chi connectivity index (χ0) is 20.3. The fourth-order valence-corrected chi connectivity index (χ4v) is 2.89. The van der Waals surface area contributed by atoms with Gasteiger partial charge in [0.2, 0.25) is 5.69 Å². The second-order valence-electron chi connectivity index (χ2n) is 6.46. The van der Waals surface area contributed by atoms with E-state index in [1.165, 1.54) is 6.07 Å². The Morgan fingerprint density at radius 1 is 1.38 bits per heavy atom. The molecule has 3 N–H and O–H groups in total. The summed E-state index contributed by atoms with van der Waals surface area (Å²) < 4.78 is 1.72. The number of aromatic nitrogens is 4. The SMILES string of the molecule is S.[C-]#[N+]c1ccc(-c2ccn(C[C@H](C)NC(=O)c3cc(C(C)O)[nH]n3)n2)cc1Cl. The minimum absolute atomic E-state index is 0. The number of carbonyl (C=O) groups excluding carboxylic acids is 1. The van der Waals surface area contributed by atoms with Gasteiger partial charge >= 0.3 is 0 Å². The highest BCUT2D eigenvalue weighted by Crippen LogP contribution is 2.29. The van der Waals surface area contributed by atoms with E-state index in [0.717, 1.165) is 11.3 Å². The number of aromatic amines is 1. The number of benzene rings is 1. The molecule has 2 heterocycles. The summed E-state index contributed by atoms with van der Waals surface area (Å²) >= 11 is 6.09. The van der Waals surface area contributed by atoms with E-state index in [9.17, 15) is 9.90 Å². The van der Waals surface area contributed by atoms with Crippen molar-refractivity contribution in [3.8, 4) is 11.3 Å². The van der Waals surface area contributed by atoms with Gasteiger partial charge in [0.05, 0.1) is 30.6 Å². The zero-order valence-corrected chi connectivity index (χ0v) is 17.6. The molecule has 2 atom stereocenters. The van der Waals surface area contributed by atoms with Gasteiger partial charge in [-0.2, -0.15) is 23.7 Å². The number of H-pyrrole nitrogens is 1. The van der Waals surface area contributed by atoms with Gasteiger partial charge in [0.25, 0.3) is 5.91 Å². The molecule has 10 heteroatoms. The first kappa shape index (κ1) is 22.5. The first-order chi connectivity index (χ1) is 13.4. The third-order valence-electron chi connectivity index (χ3n) is 4.12. The van der Waals surface area contributed by atoms with Gasteiger partial charge in [0.15, 0.2) is 0 Å². The quantitative estimate of drug-likeness (QED) is 0.519. The van der Waals surface area contributed by atoms with Crippen molar-refractivity contribution in [1.29, 1.82) is 0 Å². The highest BCUT2D eigenvalue weighted by atomic mass is 35.5. The van der Waals surface area contributed by atoms with Crippen LogP contribution in [-0.4, -0.2) is 37.0 Å². The van der Waals surface area contributed by atoms with Crippen molar-refractivity contribution in [3.63, 3.8) is 0 Å². The lowest BCUT2D eigenvalue weighted by Gasteiger charge is -2.13. The Morgan fingerprint density at radius 2 is 2.14 bits per heavy atom.